The molecule has 0 unspecified atom stereocenters. The molecular formula is C16H24N2. The van der Waals surface area contributed by atoms with E-state index in [1.54, 1.807) is 0 Å². The Morgan fingerprint density at radius 1 is 1.17 bits per heavy atom. The van der Waals surface area contributed by atoms with Crippen LogP contribution < -0.4 is 5.32 Å². The summed E-state index contributed by atoms with van der Waals surface area (Å²) >= 11 is 0. The van der Waals surface area contributed by atoms with Crippen LogP contribution >= 0.6 is 0 Å². The molecule has 0 aliphatic heterocycles. The van der Waals surface area contributed by atoms with Gasteiger partial charge in [-0.05, 0) is 64.4 Å². The normalized spacial score (nSPS) is 11.4. The van der Waals surface area contributed by atoms with Crippen molar-refractivity contribution in [3.63, 3.8) is 0 Å². The monoisotopic (exact) mass is 244 g/mol. The van der Waals surface area contributed by atoms with Crippen molar-refractivity contribution in [3.8, 4) is 0 Å². The molecule has 2 rings (SSSR count). The Balaban J connectivity index is 2.51. The topological polar surface area (TPSA) is 17.0 Å². The Kier molecular flexibility index (Phi) is 3.76. The van der Waals surface area contributed by atoms with Crippen LogP contribution in [0.3, 0.4) is 0 Å². The molecule has 1 aromatic heterocycles. The van der Waals surface area contributed by atoms with Crippen LogP contribution in [0.2, 0.25) is 0 Å². The highest BCUT2D eigenvalue weighted by molar-refractivity contribution is 5.88. The largest absolute Gasteiger partial charge is 0.347 e. The zero-order valence-corrected chi connectivity index (χ0v) is 12.2. The van der Waals surface area contributed by atoms with Crippen molar-refractivity contribution in [2.24, 2.45) is 7.05 Å². The summed E-state index contributed by atoms with van der Waals surface area (Å²) in [7, 11) is 4.22. The van der Waals surface area contributed by atoms with E-state index in [0.29, 0.717) is 0 Å². The average Bonchev–Trinajstić information content (AvgIpc) is 2.54. The summed E-state index contributed by atoms with van der Waals surface area (Å²) in [6.07, 6.45) is 2.34. The third-order valence-corrected chi connectivity index (χ3v) is 3.86. The number of hydrogen-bond acceptors (Lipinski definition) is 1. The predicted octanol–water partition coefficient (Wildman–Crippen LogP) is 3.26. The lowest BCUT2D eigenvalue weighted by Gasteiger charge is -2.07. The maximum atomic E-state index is 3.22. The molecule has 0 fully saturated rings. The van der Waals surface area contributed by atoms with Crippen LogP contribution in [-0.2, 0) is 13.5 Å². The first-order chi connectivity index (χ1) is 8.56. The van der Waals surface area contributed by atoms with Crippen molar-refractivity contribution in [2.75, 3.05) is 13.6 Å². The van der Waals surface area contributed by atoms with Crippen LogP contribution in [0.5, 0.6) is 0 Å². The lowest BCUT2D eigenvalue weighted by atomic mass is 10.0. The Bertz CT molecular complexity index is 564. The minimum atomic E-state index is 1.08. The molecule has 0 bridgehead atoms. The summed E-state index contributed by atoms with van der Waals surface area (Å²) in [5.74, 6) is 0. The third-order valence-electron chi connectivity index (χ3n) is 3.86. The molecular weight excluding hydrogens is 220 g/mol. The minimum absolute atomic E-state index is 1.08. The van der Waals surface area contributed by atoms with E-state index in [2.05, 4.69) is 49.8 Å². The van der Waals surface area contributed by atoms with Crippen molar-refractivity contribution < 1.29 is 0 Å². The first-order valence-electron chi connectivity index (χ1n) is 6.76. The van der Waals surface area contributed by atoms with E-state index < -0.39 is 0 Å². The fraction of sp³-hybridized carbons (Fsp3) is 0.500. The molecule has 1 N–H and O–H groups in total. The van der Waals surface area contributed by atoms with Gasteiger partial charge in [0.05, 0.1) is 5.52 Å². The second-order valence-electron chi connectivity index (χ2n) is 5.32. The fourth-order valence-corrected chi connectivity index (χ4v) is 3.02. The van der Waals surface area contributed by atoms with Gasteiger partial charge in [0, 0.05) is 18.1 Å². The molecule has 2 nitrogen and oxygen atoms in total. The maximum absolute atomic E-state index is 3.22. The van der Waals surface area contributed by atoms with Crippen molar-refractivity contribution >= 4 is 10.9 Å². The average molecular weight is 244 g/mol. The van der Waals surface area contributed by atoms with Crippen molar-refractivity contribution in [2.45, 2.75) is 33.6 Å². The molecule has 98 valence electrons. The smallest absolute Gasteiger partial charge is 0.0512 e. The van der Waals surface area contributed by atoms with Crippen LogP contribution in [0.4, 0.5) is 0 Å². The van der Waals surface area contributed by atoms with Gasteiger partial charge in [0.15, 0.2) is 0 Å². The number of hydrogen-bond donors (Lipinski definition) is 1. The van der Waals surface area contributed by atoms with Gasteiger partial charge in [-0.15, -0.1) is 0 Å². The first-order valence-corrected chi connectivity index (χ1v) is 6.76. The molecule has 0 aliphatic carbocycles. The molecule has 0 saturated heterocycles. The predicted molar refractivity (Wildman–Crippen MR) is 79.4 cm³/mol. The molecule has 0 saturated carbocycles. The summed E-state index contributed by atoms with van der Waals surface area (Å²) in [4.78, 5) is 0. The third kappa shape index (κ3) is 2.17. The zero-order chi connectivity index (χ0) is 13.3. The zero-order valence-electron chi connectivity index (χ0n) is 12.2. The summed E-state index contributed by atoms with van der Waals surface area (Å²) in [6, 6.07) is 4.60. The minimum Gasteiger partial charge on any atom is -0.347 e. The van der Waals surface area contributed by atoms with Crippen molar-refractivity contribution in [1.29, 1.82) is 0 Å². The van der Waals surface area contributed by atoms with E-state index >= 15 is 0 Å². The Morgan fingerprint density at radius 2 is 1.89 bits per heavy atom. The van der Waals surface area contributed by atoms with E-state index in [1.807, 2.05) is 7.05 Å². The molecule has 1 aromatic carbocycles. The van der Waals surface area contributed by atoms with Crippen molar-refractivity contribution in [3.05, 3.63) is 34.5 Å². The van der Waals surface area contributed by atoms with Crippen LogP contribution in [-0.4, -0.2) is 18.2 Å². The number of benzene rings is 1. The number of aromatic nitrogens is 1. The number of nitrogens with one attached hydrogen (secondary N) is 1. The lowest BCUT2D eigenvalue weighted by Crippen LogP contribution is -2.10. The van der Waals surface area contributed by atoms with Gasteiger partial charge in [0.1, 0.15) is 0 Å². The van der Waals surface area contributed by atoms with Gasteiger partial charge in [-0.1, -0.05) is 11.6 Å². The van der Waals surface area contributed by atoms with E-state index in [4.69, 9.17) is 0 Å². The summed E-state index contributed by atoms with van der Waals surface area (Å²) < 4.78 is 2.38. The number of nitrogens with zero attached hydrogens (tertiary/aromatic N) is 1. The molecule has 0 atom stereocenters. The molecule has 0 spiro atoms. The quantitative estimate of drug-likeness (QED) is 0.817. The van der Waals surface area contributed by atoms with Crippen LogP contribution in [0.25, 0.3) is 10.9 Å². The van der Waals surface area contributed by atoms with Gasteiger partial charge in [0.2, 0.25) is 0 Å². The highest BCUT2D eigenvalue weighted by Gasteiger charge is 2.13. The summed E-state index contributed by atoms with van der Waals surface area (Å²) in [5.41, 5.74) is 7.08. The highest BCUT2D eigenvalue weighted by Crippen LogP contribution is 2.29. The SMILES string of the molecule is CNCCCc1c(C)c2cc(C)cc(C)c2n1C. The number of aryl methyl sites for hydroxylation is 4. The van der Waals surface area contributed by atoms with Crippen LogP contribution in [0.1, 0.15) is 28.8 Å². The molecule has 2 aromatic rings. The van der Waals surface area contributed by atoms with E-state index in [-0.39, 0.29) is 0 Å². The lowest BCUT2D eigenvalue weighted by molar-refractivity contribution is 0.695. The van der Waals surface area contributed by atoms with E-state index in [1.165, 1.54) is 39.7 Å². The number of rotatable bonds is 4. The molecule has 1 heterocycles. The molecule has 0 aliphatic rings. The van der Waals surface area contributed by atoms with Gasteiger partial charge in [0.25, 0.3) is 0 Å². The summed E-state index contributed by atoms with van der Waals surface area (Å²) in [6.45, 7) is 7.74. The molecule has 0 radical (unpaired) electrons. The molecule has 2 heteroatoms. The van der Waals surface area contributed by atoms with Crippen LogP contribution in [0, 0.1) is 20.8 Å². The highest BCUT2D eigenvalue weighted by atomic mass is 15.0. The molecule has 18 heavy (non-hydrogen) atoms. The van der Waals surface area contributed by atoms with E-state index in [0.717, 1.165) is 13.0 Å². The maximum Gasteiger partial charge on any atom is 0.0512 e. The fourth-order valence-electron chi connectivity index (χ4n) is 3.02. The Morgan fingerprint density at radius 3 is 2.56 bits per heavy atom. The first kappa shape index (κ1) is 13.2. The second-order valence-corrected chi connectivity index (χ2v) is 5.32. The Hall–Kier alpha value is -1.28. The number of fused-ring (bicyclic) bond motifs is 1. The van der Waals surface area contributed by atoms with Gasteiger partial charge in [-0.25, -0.2) is 0 Å². The van der Waals surface area contributed by atoms with Crippen LogP contribution in [0.15, 0.2) is 12.1 Å². The second kappa shape index (κ2) is 5.15. The summed E-state index contributed by atoms with van der Waals surface area (Å²) in [5, 5.41) is 4.65. The van der Waals surface area contributed by atoms with Gasteiger partial charge < -0.3 is 9.88 Å². The van der Waals surface area contributed by atoms with Gasteiger partial charge in [-0.2, -0.15) is 0 Å². The van der Waals surface area contributed by atoms with Crippen molar-refractivity contribution in [1.82, 2.24) is 9.88 Å². The molecule has 0 amide bonds. The van der Waals surface area contributed by atoms with E-state index in [9.17, 15) is 0 Å². The Labute approximate surface area is 110 Å². The van der Waals surface area contributed by atoms with Gasteiger partial charge >= 0.3 is 0 Å². The van der Waals surface area contributed by atoms with Gasteiger partial charge in [-0.3, -0.25) is 0 Å². The standard InChI is InChI=1S/C16H24N2/c1-11-9-12(2)16-14(10-11)13(3)15(18(16)5)7-6-8-17-4/h9-10,17H,6-8H2,1-5H3.